The second-order valence-electron chi connectivity index (χ2n) is 4.85. The lowest BCUT2D eigenvalue weighted by Gasteiger charge is -2.15. The van der Waals surface area contributed by atoms with Crippen molar-refractivity contribution in [3.05, 3.63) is 32.6 Å². The highest BCUT2D eigenvalue weighted by atomic mass is 32.2. The van der Waals surface area contributed by atoms with Gasteiger partial charge in [0.2, 0.25) is 0 Å². The van der Waals surface area contributed by atoms with Gasteiger partial charge in [0.05, 0.1) is 12.9 Å². The van der Waals surface area contributed by atoms with Crippen LogP contribution in [0.1, 0.15) is 18.2 Å². The van der Waals surface area contributed by atoms with E-state index < -0.39 is 46.5 Å². The van der Waals surface area contributed by atoms with Gasteiger partial charge in [0.25, 0.3) is 15.7 Å². The Labute approximate surface area is 119 Å². The molecule has 1 saturated heterocycles. The van der Waals surface area contributed by atoms with E-state index in [-0.39, 0.29) is 12.0 Å². The summed E-state index contributed by atoms with van der Waals surface area (Å²) in [4.78, 5) is 25.1. The third kappa shape index (κ3) is 3.77. The summed E-state index contributed by atoms with van der Waals surface area (Å²) in [6.07, 6.45) is -1.50. The topological polar surface area (TPSA) is 107 Å². The minimum absolute atomic E-state index is 0.136. The van der Waals surface area contributed by atoms with Gasteiger partial charge in [0.1, 0.15) is 18.5 Å². The molecule has 3 atom stereocenters. The van der Waals surface area contributed by atoms with Gasteiger partial charge >= 0.3 is 5.69 Å². The number of aromatic amines is 1. The molecular formula is C11H15FN2O6S. The van der Waals surface area contributed by atoms with E-state index in [9.17, 15) is 22.4 Å². The summed E-state index contributed by atoms with van der Waals surface area (Å²) in [5, 5.41) is 0. The van der Waals surface area contributed by atoms with Crippen molar-refractivity contribution in [1.29, 1.82) is 0 Å². The van der Waals surface area contributed by atoms with Crippen molar-refractivity contribution in [2.24, 2.45) is 0 Å². The van der Waals surface area contributed by atoms with Crippen LogP contribution in [0.5, 0.6) is 0 Å². The first-order chi connectivity index (χ1) is 9.67. The molecule has 1 aromatic rings. The number of aromatic nitrogens is 2. The van der Waals surface area contributed by atoms with E-state index in [1.807, 2.05) is 0 Å². The van der Waals surface area contributed by atoms with E-state index in [1.54, 1.807) is 0 Å². The standard InChI is InChI=1S/C11H15FN2O6S/c1-6-4-14(11(16)13-10(6)15)9-3-7(12)8(20-9)5-19-21(2,17)18/h4,7-9H,3,5H2,1-2H3,(H,13,15,16)/t7?,8-,9-/m1/s1. The van der Waals surface area contributed by atoms with Gasteiger partial charge in [-0.25, -0.2) is 9.18 Å². The minimum atomic E-state index is -3.70. The number of nitrogens with zero attached hydrogens (tertiary/aromatic N) is 1. The lowest BCUT2D eigenvalue weighted by Crippen LogP contribution is -2.33. The molecule has 1 aromatic heterocycles. The number of nitrogens with one attached hydrogen (secondary N) is 1. The van der Waals surface area contributed by atoms with Crippen LogP contribution in [0.2, 0.25) is 0 Å². The highest BCUT2D eigenvalue weighted by Crippen LogP contribution is 2.30. The van der Waals surface area contributed by atoms with Crippen LogP contribution < -0.4 is 11.2 Å². The van der Waals surface area contributed by atoms with Crippen LogP contribution in [0.3, 0.4) is 0 Å². The van der Waals surface area contributed by atoms with Crippen LogP contribution in [0.15, 0.2) is 15.8 Å². The average molecular weight is 322 g/mol. The van der Waals surface area contributed by atoms with Crippen molar-refractivity contribution in [3.63, 3.8) is 0 Å². The third-order valence-electron chi connectivity index (χ3n) is 3.06. The van der Waals surface area contributed by atoms with E-state index >= 15 is 0 Å². The van der Waals surface area contributed by atoms with Crippen molar-refractivity contribution >= 4 is 10.1 Å². The summed E-state index contributed by atoms with van der Waals surface area (Å²) in [7, 11) is -3.70. The highest BCUT2D eigenvalue weighted by molar-refractivity contribution is 7.85. The molecule has 0 aromatic carbocycles. The second-order valence-corrected chi connectivity index (χ2v) is 6.49. The fraction of sp³-hybridized carbons (Fsp3) is 0.636. The lowest BCUT2D eigenvalue weighted by molar-refractivity contribution is -0.0296. The molecular weight excluding hydrogens is 307 g/mol. The summed E-state index contributed by atoms with van der Waals surface area (Å²) >= 11 is 0. The lowest BCUT2D eigenvalue weighted by atomic mass is 10.2. The maximum absolute atomic E-state index is 13.8. The van der Waals surface area contributed by atoms with Crippen LogP contribution >= 0.6 is 0 Å². The molecule has 0 bridgehead atoms. The normalized spacial score (nSPS) is 26.1. The Kier molecular flexibility index (Phi) is 4.30. The van der Waals surface area contributed by atoms with E-state index in [1.165, 1.54) is 13.1 Å². The second kappa shape index (κ2) is 5.70. The number of hydrogen-bond donors (Lipinski definition) is 1. The van der Waals surface area contributed by atoms with Gasteiger partial charge < -0.3 is 4.74 Å². The molecule has 0 aliphatic carbocycles. The Morgan fingerprint density at radius 3 is 2.81 bits per heavy atom. The van der Waals surface area contributed by atoms with Gasteiger partial charge in [0, 0.05) is 18.2 Å². The molecule has 1 unspecified atom stereocenters. The molecule has 10 heteroatoms. The first kappa shape index (κ1) is 15.9. The Morgan fingerprint density at radius 1 is 1.52 bits per heavy atom. The summed E-state index contributed by atoms with van der Waals surface area (Å²) < 4.78 is 46.5. The highest BCUT2D eigenvalue weighted by Gasteiger charge is 2.37. The third-order valence-corrected chi connectivity index (χ3v) is 3.63. The molecule has 1 N–H and O–H groups in total. The zero-order valence-electron chi connectivity index (χ0n) is 11.4. The molecule has 0 saturated carbocycles. The number of ether oxygens (including phenoxy) is 1. The number of aryl methyl sites for hydroxylation is 1. The predicted molar refractivity (Wildman–Crippen MR) is 70.3 cm³/mol. The van der Waals surface area contributed by atoms with E-state index in [2.05, 4.69) is 9.17 Å². The fourth-order valence-corrected chi connectivity index (χ4v) is 2.38. The summed E-state index contributed by atoms with van der Waals surface area (Å²) in [6, 6.07) is 0. The Morgan fingerprint density at radius 2 is 2.19 bits per heavy atom. The Balaban J connectivity index is 2.16. The van der Waals surface area contributed by atoms with Crippen LogP contribution in [0.4, 0.5) is 4.39 Å². The largest absolute Gasteiger partial charge is 0.349 e. The molecule has 0 radical (unpaired) electrons. The van der Waals surface area contributed by atoms with Crippen molar-refractivity contribution in [3.8, 4) is 0 Å². The van der Waals surface area contributed by atoms with Gasteiger partial charge in [-0.1, -0.05) is 0 Å². The van der Waals surface area contributed by atoms with Crippen molar-refractivity contribution < 1.29 is 21.7 Å². The number of H-pyrrole nitrogens is 1. The Hall–Kier alpha value is -1.52. The predicted octanol–water partition coefficient (Wildman–Crippen LogP) is -0.553. The molecule has 118 valence electrons. The quantitative estimate of drug-likeness (QED) is 0.745. The zero-order valence-corrected chi connectivity index (χ0v) is 12.2. The smallest absolute Gasteiger partial charge is 0.330 e. The van der Waals surface area contributed by atoms with Gasteiger partial charge in [-0.05, 0) is 6.92 Å². The molecule has 1 aliphatic heterocycles. The first-order valence-electron chi connectivity index (χ1n) is 6.13. The van der Waals surface area contributed by atoms with E-state index in [4.69, 9.17) is 4.74 Å². The SMILES string of the molecule is Cc1cn([C@H]2CC(F)[C@@H](COS(C)(=O)=O)O2)c(=O)[nH]c1=O. The van der Waals surface area contributed by atoms with Crippen LogP contribution in [0.25, 0.3) is 0 Å². The van der Waals surface area contributed by atoms with E-state index in [0.717, 1.165) is 10.8 Å². The summed E-state index contributed by atoms with van der Waals surface area (Å²) in [5.74, 6) is 0. The number of alkyl halides is 1. The van der Waals surface area contributed by atoms with Crippen molar-refractivity contribution in [2.75, 3.05) is 12.9 Å². The number of hydrogen-bond acceptors (Lipinski definition) is 6. The number of halogens is 1. The van der Waals surface area contributed by atoms with Crippen LogP contribution in [-0.2, 0) is 19.0 Å². The number of rotatable bonds is 4. The van der Waals surface area contributed by atoms with Crippen molar-refractivity contribution in [1.82, 2.24) is 9.55 Å². The average Bonchev–Trinajstić information content (AvgIpc) is 2.72. The molecule has 0 amide bonds. The Bertz CT molecular complexity index is 740. The molecule has 8 nitrogen and oxygen atoms in total. The van der Waals surface area contributed by atoms with Gasteiger partial charge in [0.15, 0.2) is 0 Å². The minimum Gasteiger partial charge on any atom is -0.349 e. The molecule has 2 rings (SSSR count). The summed E-state index contributed by atoms with van der Waals surface area (Å²) in [6.45, 7) is 1.04. The van der Waals surface area contributed by atoms with Gasteiger partial charge in [-0.3, -0.25) is 18.5 Å². The maximum Gasteiger partial charge on any atom is 0.330 e. The molecule has 2 heterocycles. The molecule has 21 heavy (non-hydrogen) atoms. The molecule has 1 fully saturated rings. The van der Waals surface area contributed by atoms with Crippen LogP contribution in [-0.4, -0.2) is 43.1 Å². The van der Waals surface area contributed by atoms with E-state index in [0.29, 0.717) is 0 Å². The van der Waals surface area contributed by atoms with Gasteiger partial charge in [-0.15, -0.1) is 0 Å². The fourth-order valence-electron chi connectivity index (χ4n) is 2.00. The summed E-state index contributed by atoms with van der Waals surface area (Å²) in [5.41, 5.74) is -0.958. The first-order valence-corrected chi connectivity index (χ1v) is 7.95. The van der Waals surface area contributed by atoms with Crippen LogP contribution in [0, 0.1) is 6.92 Å². The molecule has 1 aliphatic rings. The maximum atomic E-state index is 13.8. The van der Waals surface area contributed by atoms with Gasteiger partial charge in [-0.2, -0.15) is 8.42 Å². The molecule has 0 spiro atoms. The monoisotopic (exact) mass is 322 g/mol. The van der Waals surface area contributed by atoms with Crippen molar-refractivity contribution in [2.45, 2.75) is 31.8 Å². The zero-order chi connectivity index (χ0) is 15.8.